The number of nitrogens with one attached hydrogen (secondary N) is 2. The lowest BCUT2D eigenvalue weighted by Crippen LogP contribution is -2.26. The van der Waals surface area contributed by atoms with Crippen molar-refractivity contribution in [3.8, 4) is 22.6 Å². The number of para-hydroxylation sites is 1. The minimum atomic E-state index is -3.71. The van der Waals surface area contributed by atoms with E-state index in [2.05, 4.69) is 9.71 Å². The fourth-order valence-corrected chi connectivity index (χ4v) is 4.99. The normalized spacial score (nSPS) is 12.0. The lowest BCUT2D eigenvalue weighted by molar-refractivity contribution is 0.572. The fraction of sp³-hybridized carbons (Fsp3) is 0.0833. The number of hydrogen-bond acceptors (Lipinski definition) is 3. The molecule has 2 N–H and O–H groups in total. The highest BCUT2D eigenvalue weighted by molar-refractivity contribution is 7.89. The summed E-state index contributed by atoms with van der Waals surface area (Å²) in [5, 5.41) is 1.11. The maximum absolute atomic E-state index is 13.1. The second kappa shape index (κ2) is 7.48. The Morgan fingerprint density at radius 1 is 0.833 bits per heavy atom. The van der Waals surface area contributed by atoms with Gasteiger partial charge in [-0.1, -0.05) is 42.5 Å². The first kappa shape index (κ1) is 18.7. The molecule has 0 amide bonds. The molecule has 0 saturated carbocycles. The molecule has 5 rings (SSSR count). The molecule has 0 radical (unpaired) electrons. The zero-order valence-corrected chi connectivity index (χ0v) is 16.9. The smallest absolute Gasteiger partial charge is 0.241 e. The van der Waals surface area contributed by atoms with E-state index in [1.54, 1.807) is 18.2 Å². The molecule has 30 heavy (non-hydrogen) atoms. The van der Waals surface area contributed by atoms with E-state index in [-0.39, 0.29) is 4.90 Å². The van der Waals surface area contributed by atoms with E-state index < -0.39 is 10.0 Å². The molecular formula is C24H20N2O3S. The zero-order chi connectivity index (χ0) is 20.6. The first-order valence-corrected chi connectivity index (χ1v) is 11.2. The Bertz CT molecular complexity index is 1400. The van der Waals surface area contributed by atoms with Gasteiger partial charge < -0.3 is 9.40 Å². The largest absolute Gasteiger partial charge is 0.456 e. The van der Waals surface area contributed by atoms with Gasteiger partial charge in [0.15, 0.2) is 0 Å². The molecule has 2 aromatic carbocycles. The van der Waals surface area contributed by atoms with Crippen LogP contribution in [0.2, 0.25) is 0 Å². The van der Waals surface area contributed by atoms with Crippen LogP contribution in [-0.4, -0.2) is 19.9 Å². The summed E-state index contributed by atoms with van der Waals surface area (Å²) in [4.78, 5) is 3.43. The number of hydrogen-bond donors (Lipinski definition) is 2. The molecule has 0 atom stereocenters. The molecule has 0 fully saturated rings. The van der Waals surface area contributed by atoms with Crippen LogP contribution in [-0.2, 0) is 16.4 Å². The maximum atomic E-state index is 13.1. The number of sulfonamides is 1. The highest BCUT2D eigenvalue weighted by Gasteiger charge is 2.21. The predicted octanol–water partition coefficient (Wildman–Crippen LogP) is 5.05. The molecule has 150 valence electrons. The van der Waals surface area contributed by atoms with E-state index >= 15 is 0 Å². The van der Waals surface area contributed by atoms with Crippen LogP contribution in [0.15, 0.2) is 94.4 Å². The lowest BCUT2D eigenvalue weighted by atomic mass is 10.1. The third-order valence-electron chi connectivity index (χ3n) is 5.25. The zero-order valence-electron chi connectivity index (χ0n) is 16.1. The first-order chi connectivity index (χ1) is 14.6. The standard InChI is InChI=1S/C24H20N2O3S/c27-30(28,26-15-14-18-16-25-21-9-3-1-7-19(18)21)24-11-4-2-8-20(24)23-13-12-17-6-5-10-22(17)29-23/h1-13,16,25-26H,14-15H2. The Labute approximate surface area is 174 Å². The van der Waals surface area contributed by atoms with Crippen LogP contribution in [0.3, 0.4) is 0 Å². The van der Waals surface area contributed by atoms with Crippen molar-refractivity contribution in [1.29, 1.82) is 0 Å². The van der Waals surface area contributed by atoms with Gasteiger partial charge in [0.25, 0.3) is 0 Å². The second-order valence-electron chi connectivity index (χ2n) is 7.15. The number of H-pyrrole nitrogens is 1. The number of benzene rings is 2. The van der Waals surface area contributed by atoms with Crippen molar-refractivity contribution in [1.82, 2.24) is 9.71 Å². The first-order valence-electron chi connectivity index (χ1n) is 9.74. The molecule has 2 aliphatic rings. The summed E-state index contributed by atoms with van der Waals surface area (Å²) in [5.41, 5.74) is 3.65. The van der Waals surface area contributed by atoms with Gasteiger partial charge in [0.2, 0.25) is 10.0 Å². The summed E-state index contributed by atoms with van der Waals surface area (Å²) in [5.74, 6) is 1.25. The Morgan fingerprint density at radius 3 is 2.60 bits per heavy atom. The van der Waals surface area contributed by atoms with Gasteiger partial charge >= 0.3 is 0 Å². The highest BCUT2D eigenvalue weighted by Crippen LogP contribution is 2.32. The van der Waals surface area contributed by atoms with Gasteiger partial charge in [-0.2, -0.15) is 0 Å². The van der Waals surface area contributed by atoms with E-state index in [0.717, 1.165) is 27.8 Å². The van der Waals surface area contributed by atoms with E-state index in [9.17, 15) is 8.42 Å². The monoisotopic (exact) mass is 416 g/mol. The van der Waals surface area contributed by atoms with Crippen molar-refractivity contribution >= 4 is 20.9 Å². The number of fused-ring (bicyclic) bond motifs is 2. The fourth-order valence-electron chi connectivity index (χ4n) is 3.75. The summed E-state index contributed by atoms with van der Waals surface area (Å²) in [6, 6.07) is 24.4. The molecule has 0 spiro atoms. The average Bonchev–Trinajstić information content (AvgIpc) is 3.40. The van der Waals surface area contributed by atoms with Gasteiger partial charge in [-0.3, -0.25) is 0 Å². The van der Waals surface area contributed by atoms with Crippen molar-refractivity contribution < 1.29 is 12.8 Å². The molecule has 1 aliphatic heterocycles. The molecule has 3 aromatic rings. The van der Waals surface area contributed by atoms with Crippen molar-refractivity contribution in [2.45, 2.75) is 11.3 Å². The predicted molar refractivity (Wildman–Crippen MR) is 118 cm³/mol. The second-order valence-corrected chi connectivity index (χ2v) is 8.88. The maximum Gasteiger partial charge on any atom is 0.241 e. The minimum absolute atomic E-state index is 0.207. The van der Waals surface area contributed by atoms with Crippen molar-refractivity contribution in [2.75, 3.05) is 6.54 Å². The Kier molecular flexibility index (Phi) is 4.65. The molecular weight excluding hydrogens is 396 g/mol. The Hall–Kier alpha value is -3.35. The number of aromatic nitrogens is 1. The quantitative estimate of drug-likeness (QED) is 0.407. The van der Waals surface area contributed by atoms with Crippen LogP contribution >= 0.6 is 0 Å². The molecule has 2 heterocycles. The summed E-state index contributed by atoms with van der Waals surface area (Å²) < 4.78 is 34.8. The van der Waals surface area contributed by atoms with Gasteiger partial charge in [-0.25, -0.2) is 13.1 Å². The van der Waals surface area contributed by atoms with Gasteiger partial charge in [-0.05, 0) is 48.4 Å². The molecule has 0 saturated heterocycles. The third-order valence-corrected chi connectivity index (χ3v) is 6.76. The van der Waals surface area contributed by atoms with Gasteiger partial charge in [0.05, 0.1) is 4.90 Å². The Balaban J connectivity index is 1.40. The number of rotatable bonds is 6. The van der Waals surface area contributed by atoms with Crippen LogP contribution in [0.25, 0.3) is 33.6 Å². The minimum Gasteiger partial charge on any atom is -0.456 e. The van der Waals surface area contributed by atoms with Crippen molar-refractivity contribution in [3.63, 3.8) is 0 Å². The van der Waals surface area contributed by atoms with Gasteiger partial charge in [-0.15, -0.1) is 0 Å². The summed E-state index contributed by atoms with van der Waals surface area (Å²) in [6.45, 7) is 0.303. The van der Waals surface area contributed by atoms with Crippen LogP contribution < -0.4 is 4.72 Å². The highest BCUT2D eigenvalue weighted by atomic mass is 32.2. The number of aromatic amines is 1. The van der Waals surface area contributed by atoms with Gasteiger partial charge in [0, 0.05) is 34.8 Å². The van der Waals surface area contributed by atoms with E-state index in [1.165, 1.54) is 0 Å². The molecule has 1 aromatic heterocycles. The summed E-state index contributed by atoms with van der Waals surface area (Å²) >= 11 is 0. The summed E-state index contributed by atoms with van der Waals surface area (Å²) in [6.07, 6.45) is 2.52. The third kappa shape index (κ3) is 3.40. The van der Waals surface area contributed by atoms with Gasteiger partial charge in [0.1, 0.15) is 11.5 Å². The van der Waals surface area contributed by atoms with Crippen LogP contribution in [0, 0.1) is 0 Å². The molecule has 0 bridgehead atoms. The lowest BCUT2D eigenvalue weighted by Gasteiger charge is -2.12. The molecule has 1 aliphatic carbocycles. The van der Waals surface area contributed by atoms with Crippen LogP contribution in [0.1, 0.15) is 5.56 Å². The van der Waals surface area contributed by atoms with Crippen LogP contribution in [0.5, 0.6) is 0 Å². The molecule has 0 unspecified atom stereocenters. The molecule has 6 heteroatoms. The SMILES string of the molecule is O=S(=O)(NCCc1c[nH]c2ccccc12)c1ccccc1-c1ccc2cccc-2o1. The summed E-state index contributed by atoms with van der Waals surface area (Å²) in [7, 11) is -3.71. The van der Waals surface area contributed by atoms with Crippen molar-refractivity contribution in [3.05, 3.63) is 90.6 Å². The van der Waals surface area contributed by atoms with Crippen LogP contribution in [0.4, 0.5) is 0 Å². The topological polar surface area (TPSA) is 75.1 Å². The van der Waals surface area contributed by atoms with E-state index in [0.29, 0.717) is 24.3 Å². The van der Waals surface area contributed by atoms with E-state index in [1.807, 2.05) is 66.9 Å². The average molecular weight is 417 g/mol. The Morgan fingerprint density at radius 2 is 1.67 bits per heavy atom. The molecule has 5 nitrogen and oxygen atoms in total. The van der Waals surface area contributed by atoms with E-state index in [4.69, 9.17) is 4.42 Å². The van der Waals surface area contributed by atoms with Crippen molar-refractivity contribution in [2.24, 2.45) is 0 Å².